The van der Waals surface area contributed by atoms with Crippen LogP contribution in [0.4, 0.5) is 0 Å². The van der Waals surface area contributed by atoms with Crippen molar-refractivity contribution in [2.45, 2.75) is 31.7 Å². The first-order chi connectivity index (χ1) is 8.47. The zero-order chi connectivity index (χ0) is 13.7. The molecule has 0 aromatic heterocycles. The first-order valence-corrected chi connectivity index (χ1v) is 5.76. The summed E-state index contributed by atoms with van der Waals surface area (Å²) in [5, 5.41) is 18.0. The lowest BCUT2D eigenvalue weighted by Gasteiger charge is -2.18. The zero-order valence-electron chi connectivity index (χ0n) is 10.2. The van der Waals surface area contributed by atoms with Crippen molar-refractivity contribution in [1.29, 1.82) is 0 Å². The molecule has 4 N–H and O–H groups in total. The molecule has 2 atom stereocenters. The standard InChI is InChI=1S/C13H17NO4/c1-2-8-5-3-4-6-9(8)10(12(15)16)7-11(14)13(17)18/h3-6,10-11H,2,7,14H2,1H3,(H,15,16)(H,17,18). The summed E-state index contributed by atoms with van der Waals surface area (Å²) in [6, 6.07) is 5.97. The lowest BCUT2D eigenvalue weighted by Crippen LogP contribution is -2.33. The molecule has 0 saturated carbocycles. The Balaban J connectivity index is 3.05. The fourth-order valence-electron chi connectivity index (χ4n) is 1.91. The molecule has 0 amide bonds. The monoisotopic (exact) mass is 251 g/mol. The molecule has 0 bridgehead atoms. The number of aryl methyl sites for hydroxylation is 1. The Labute approximate surface area is 105 Å². The topological polar surface area (TPSA) is 101 Å². The fraction of sp³-hybridized carbons (Fsp3) is 0.385. The van der Waals surface area contributed by atoms with E-state index in [1.165, 1.54) is 0 Å². The first kappa shape index (κ1) is 14.2. The molecule has 0 aliphatic rings. The Hall–Kier alpha value is -1.88. The molecule has 98 valence electrons. The quantitative estimate of drug-likeness (QED) is 0.705. The highest BCUT2D eigenvalue weighted by atomic mass is 16.4. The number of aliphatic carboxylic acids is 2. The van der Waals surface area contributed by atoms with Gasteiger partial charge in [-0.1, -0.05) is 31.2 Å². The minimum absolute atomic E-state index is 0.109. The van der Waals surface area contributed by atoms with Gasteiger partial charge in [-0.05, 0) is 24.0 Å². The van der Waals surface area contributed by atoms with Crippen LogP contribution in [0.2, 0.25) is 0 Å². The summed E-state index contributed by atoms with van der Waals surface area (Å²) in [7, 11) is 0. The molecule has 0 spiro atoms. The normalized spacial score (nSPS) is 13.9. The van der Waals surface area contributed by atoms with Crippen LogP contribution in [0.15, 0.2) is 24.3 Å². The van der Waals surface area contributed by atoms with Gasteiger partial charge < -0.3 is 15.9 Å². The molecular formula is C13H17NO4. The Kier molecular flexibility index (Phi) is 4.85. The van der Waals surface area contributed by atoms with E-state index in [1.807, 2.05) is 19.1 Å². The van der Waals surface area contributed by atoms with Gasteiger partial charge in [0.15, 0.2) is 0 Å². The number of nitrogens with two attached hydrogens (primary N) is 1. The number of carboxylic acid groups (broad SMARTS) is 2. The summed E-state index contributed by atoms with van der Waals surface area (Å²) in [6.07, 6.45) is 0.587. The second kappa shape index (κ2) is 6.16. The molecule has 2 unspecified atom stereocenters. The van der Waals surface area contributed by atoms with Crippen LogP contribution in [0.1, 0.15) is 30.4 Å². The minimum Gasteiger partial charge on any atom is -0.481 e. The summed E-state index contributed by atoms with van der Waals surface area (Å²) >= 11 is 0. The predicted molar refractivity (Wildman–Crippen MR) is 66.4 cm³/mol. The van der Waals surface area contributed by atoms with E-state index >= 15 is 0 Å². The summed E-state index contributed by atoms with van der Waals surface area (Å²) < 4.78 is 0. The van der Waals surface area contributed by atoms with Crippen LogP contribution in [-0.2, 0) is 16.0 Å². The molecular weight excluding hydrogens is 234 g/mol. The number of carboxylic acids is 2. The van der Waals surface area contributed by atoms with E-state index in [2.05, 4.69) is 0 Å². The highest BCUT2D eigenvalue weighted by Gasteiger charge is 2.27. The third-order valence-corrected chi connectivity index (χ3v) is 2.92. The number of rotatable bonds is 6. The summed E-state index contributed by atoms with van der Waals surface area (Å²) in [4.78, 5) is 22.0. The Morgan fingerprint density at radius 2 is 1.83 bits per heavy atom. The van der Waals surface area contributed by atoms with Crippen molar-refractivity contribution in [2.24, 2.45) is 5.73 Å². The van der Waals surface area contributed by atoms with Crippen molar-refractivity contribution in [1.82, 2.24) is 0 Å². The maximum absolute atomic E-state index is 11.3. The Morgan fingerprint density at radius 1 is 1.22 bits per heavy atom. The van der Waals surface area contributed by atoms with Gasteiger partial charge in [0.1, 0.15) is 6.04 Å². The Bertz CT molecular complexity index is 444. The van der Waals surface area contributed by atoms with E-state index in [0.29, 0.717) is 12.0 Å². The van der Waals surface area contributed by atoms with Crippen LogP contribution in [0.5, 0.6) is 0 Å². The highest BCUT2D eigenvalue weighted by molar-refractivity contribution is 5.79. The van der Waals surface area contributed by atoms with E-state index in [0.717, 1.165) is 5.56 Å². The van der Waals surface area contributed by atoms with E-state index in [4.69, 9.17) is 10.8 Å². The second-order valence-electron chi connectivity index (χ2n) is 4.12. The molecule has 5 heteroatoms. The molecule has 0 aliphatic carbocycles. The van der Waals surface area contributed by atoms with Crippen molar-refractivity contribution in [3.8, 4) is 0 Å². The van der Waals surface area contributed by atoms with Gasteiger partial charge in [0.25, 0.3) is 0 Å². The van der Waals surface area contributed by atoms with Crippen molar-refractivity contribution in [3.05, 3.63) is 35.4 Å². The molecule has 0 radical (unpaired) electrons. The van der Waals surface area contributed by atoms with Crippen molar-refractivity contribution < 1.29 is 19.8 Å². The number of carbonyl (C=O) groups is 2. The number of hydrogen-bond donors (Lipinski definition) is 3. The maximum Gasteiger partial charge on any atom is 0.320 e. The molecule has 0 heterocycles. The van der Waals surface area contributed by atoms with E-state index in [9.17, 15) is 14.7 Å². The SMILES string of the molecule is CCc1ccccc1C(CC(N)C(=O)O)C(=O)O. The van der Waals surface area contributed by atoms with Gasteiger partial charge in [-0.2, -0.15) is 0 Å². The van der Waals surface area contributed by atoms with E-state index in [1.54, 1.807) is 12.1 Å². The number of hydrogen-bond acceptors (Lipinski definition) is 3. The molecule has 0 aliphatic heterocycles. The third kappa shape index (κ3) is 3.30. The minimum atomic E-state index is -1.18. The van der Waals surface area contributed by atoms with Gasteiger partial charge in [0.05, 0.1) is 5.92 Å². The van der Waals surface area contributed by atoms with Gasteiger partial charge in [0, 0.05) is 0 Å². The highest BCUT2D eigenvalue weighted by Crippen LogP contribution is 2.25. The first-order valence-electron chi connectivity index (χ1n) is 5.76. The average Bonchev–Trinajstić information content (AvgIpc) is 2.35. The molecule has 5 nitrogen and oxygen atoms in total. The predicted octanol–water partition coefficient (Wildman–Crippen LogP) is 1.22. The molecule has 18 heavy (non-hydrogen) atoms. The largest absolute Gasteiger partial charge is 0.481 e. The molecule has 1 aromatic carbocycles. The van der Waals surface area contributed by atoms with Gasteiger partial charge in [-0.3, -0.25) is 9.59 Å². The molecule has 1 aromatic rings. The lowest BCUT2D eigenvalue weighted by molar-refractivity contribution is -0.141. The third-order valence-electron chi connectivity index (χ3n) is 2.92. The molecule has 0 fully saturated rings. The summed E-state index contributed by atoms with van der Waals surface area (Å²) in [6.45, 7) is 1.93. The van der Waals surface area contributed by atoms with Crippen LogP contribution < -0.4 is 5.73 Å². The van der Waals surface area contributed by atoms with Crippen molar-refractivity contribution in [2.75, 3.05) is 0 Å². The van der Waals surface area contributed by atoms with Crippen LogP contribution in [0, 0.1) is 0 Å². The van der Waals surface area contributed by atoms with Crippen LogP contribution in [0.25, 0.3) is 0 Å². The summed E-state index contributed by atoms with van der Waals surface area (Å²) in [5.41, 5.74) is 6.97. The lowest BCUT2D eigenvalue weighted by atomic mass is 9.88. The van der Waals surface area contributed by atoms with Crippen molar-refractivity contribution in [3.63, 3.8) is 0 Å². The van der Waals surface area contributed by atoms with Crippen LogP contribution in [0.3, 0.4) is 0 Å². The Morgan fingerprint density at radius 3 is 2.33 bits per heavy atom. The number of benzene rings is 1. The fourth-order valence-corrected chi connectivity index (χ4v) is 1.91. The average molecular weight is 251 g/mol. The second-order valence-corrected chi connectivity index (χ2v) is 4.12. The van der Waals surface area contributed by atoms with Gasteiger partial charge in [-0.25, -0.2) is 0 Å². The van der Waals surface area contributed by atoms with E-state index < -0.39 is 23.9 Å². The molecule has 1 rings (SSSR count). The smallest absolute Gasteiger partial charge is 0.320 e. The van der Waals surface area contributed by atoms with Crippen LogP contribution in [-0.4, -0.2) is 28.2 Å². The zero-order valence-corrected chi connectivity index (χ0v) is 10.2. The van der Waals surface area contributed by atoms with Gasteiger partial charge >= 0.3 is 11.9 Å². The van der Waals surface area contributed by atoms with Crippen LogP contribution >= 0.6 is 0 Å². The van der Waals surface area contributed by atoms with Gasteiger partial charge in [-0.15, -0.1) is 0 Å². The maximum atomic E-state index is 11.3. The van der Waals surface area contributed by atoms with Gasteiger partial charge in [0.2, 0.25) is 0 Å². The van der Waals surface area contributed by atoms with E-state index in [-0.39, 0.29) is 6.42 Å². The summed E-state index contributed by atoms with van der Waals surface area (Å²) in [5.74, 6) is -3.12. The van der Waals surface area contributed by atoms with Crippen molar-refractivity contribution >= 4 is 11.9 Å². The molecule has 0 saturated heterocycles.